The number of piperidine rings is 1. The number of pyridine rings is 1. The number of carbonyl (C=O) groups is 3. The zero-order valence-corrected chi connectivity index (χ0v) is 31.6. The predicted molar refractivity (Wildman–Crippen MR) is 212 cm³/mol. The van der Waals surface area contributed by atoms with Crippen LogP contribution in [0.3, 0.4) is 0 Å². The van der Waals surface area contributed by atoms with E-state index in [9.17, 15) is 18.8 Å². The maximum atomic E-state index is 14.1. The highest BCUT2D eigenvalue weighted by Crippen LogP contribution is 2.39. The lowest BCUT2D eigenvalue weighted by Crippen LogP contribution is -2.52. The molecule has 8 rings (SSSR count). The first-order chi connectivity index (χ1) is 27.3. The number of imide groups is 1. The second-order valence-electron chi connectivity index (χ2n) is 14.6. The second kappa shape index (κ2) is 15.9. The topological polar surface area (TPSA) is 132 Å². The molecule has 5 aromatic rings. The van der Waals surface area contributed by atoms with Gasteiger partial charge < -0.3 is 24.3 Å². The molecule has 1 N–H and O–H groups in total. The summed E-state index contributed by atoms with van der Waals surface area (Å²) in [6, 6.07) is 21.6. The number of halogens is 1. The normalized spacial score (nSPS) is 19.0. The Labute approximate surface area is 324 Å². The fraction of sp³-hybridized carbons (Fsp3) is 0.366. The van der Waals surface area contributed by atoms with E-state index < -0.39 is 11.9 Å². The van der Waals surface area contributed by atoms with Crippen LogP contribution in [0.15, 0.2) is 79.0 Å². The van der Waals surface area contributed by atoms with Gasteiger partial charge in [0.05, 0.1) is 23.6 Å². The van der Waals surface area contributed by atoms with Crippen LogP contribution >= 0.6 is 0 Å². The number of piperazine rings is 1. The summed E-state index contributed by atoms with van der Waals surface area (Å²) >= 11 is 0. The van der Waals surface area contributed by atoms with Crippen molar-refractivity contribution in [2.45, 2.75) is 37.8 Å². The zero-order chi connectivity index (χ0) is 38.8. The standard InChI is InChI=1S/C41H45FN10O4/c1-47(2)40-32(51(27-53)33-14-17-39(54)45-41(33)55)10-5-12-35(40)56-24-23-48-19-21-49(22-20-48)37-13-4-9-30(44-37)34-26-43-36-15-16-38(46-52(34)36)50-18-6-11-31(50)28-7-3-8-29(42)25-28/h3-5,7-10,12-13,15-16,25-27,31,33H,6,11,14,17-24H2,1-2H3,(H,45,54,55). The highest BCUT2D eigenvalue weighted by Gasteiger charge is 2.34. The Morgan fingerprint density at radius 3 is 2.55 bits per heavy atom. The van der Waals surface area contributed by atoms with E-state index in [1.165, 1.54) is 11.0 Å². The maximum absolute atomic E-state index is 14.1. The van der Waals surface area contributed by atoms with E-state index in [4.69, 9.17) is 14.8 Å². The summed E-state index contributed by atoms with van der Waals surface area (Å²) in [5.74, 6) is 1.26. The van der Waals surface area contributed by atoms with Crippen LogP contribution in [0, 0.1) is 5.82 Å². The van der Waals surface area contributed by atoms with Gasteiger partial charge in [-0.3, -0.25) is 24.6 Å². The number of hydrogen-bond acceptors (Lipinski definition) is 11. The monoisotopic (exact) mass is 760 g/mol. The Kier molecular flexibility index (Phi) is 10.5. The molecule has 0 spiro atoms. The molecular formula is C41H45FN10O4. The fourth-order valence-electron chi connectivity index (χ4n) is 8.05. The Morgan fingerprint density at radius 1 is 0.946 bits per heavy atom. The van der Waals surface area contributed by atoms with Gasteiger partial charge >= 0.3 is 0 Å². The first-order valence-electron chi connectivity index (χ1n) is 19.1. The number of rotatable bonds is 12. The van der Waals surface area contributed by atoms with E-state index in [-0.39, 0.29) is 30.6 Å². The minimum atomic E-state index is -0.781. The van der Waals surface area contributed by atoms with Crippen LogP contribution in [-0.2, 0) is 14.4 Å². The molecule has 0 bridgehead atoms. The number of benzene rings is 2. The Hall–Kier alpha value is -6.09. The molecule has 2 unspecified atom stereocenters. The molecule has 3 saturated heterocycles. The first-order valence-corrected chi connectivity index (χ1v) is 19.1. The van der Waals surface area contributed by atoms with Crippen LogP contribution in [-0.4, -0.2) is 109 Å². The molecule has 3 aliphatic heterocycles. The number of imidazole rings is 1. The third-order valence-electron chi connectivity index (χ3n) is 10.8. The summed E-state index contributed by atoms with van der Waals surface area (Å²) < 4.78 is 22.3. The summed E-state index contributed by atoms with van der Waals surface area (Å²) in [6.45, 7) is 5.21. The number of carbonyl (C=O) groups excluding carboxylic acids is 3. The quantitative estimate of drug-likeness (QED) is 0.144. The summed E-state index contributed by atoms with van der Waals surface area (Å²) in [5, 5.41) is 7.36. The van der Waals surface area contributed by atoms with Gasteiger partial charge in [0, 0.05) is 59.8 Å². The van der Waals surface area contributed by atoms with Crippen molar-refractivity contribution in [1.29, 1.82) is 0 Å². The number of aromatic nitrogens is 4. The van der Waals surface area contributed by atoms with E-state index in [2.05, 4.69) is 25.0 Å². The van der Waals surface area contributed by atoms with Gasteiger partial charge in [-0.05, 0) is 73.4 Å². The van der Waals surface area contributed by atoms with Crippen molar-refractivity contribution in [3.05, 3.63) is 90.4 Å². The van der Waals surface area contributed by atoms with Crippen LogP contribution in [0.2, 0.25) is 0 Å². The number of anilines is 4. The number of amides is 3. The van der Waals surface area contributed by atoms with Gasteiger partial charge in [0.2, 0.25) is 18.2 Å². The van der Waals surface area contributed by atoms with Gasteiger partial charge in [0.25, 0.3) is 0 Å². The molecule has 3 aliphatic rings. The molecule has 0 aliphatic carbocycles. The molecule has 56 heavy (non-hydrogen) atoms. The van der Waals surface area contributed by atoms with E-state index in [0.717, 1.165) is 79.8 Å². The molecule has 2 atom stereocenters. The molecule has 15 heteroatoms. The number of hydrogen-bond donors (Lipinski definition) is 1. The minimum absolute atomic E-state index is 0.0576. The van der Waals surface area contributed by atoms with Gasteiger partial charge in [0.15, 0.2) is 5.65 Å². The highest BCUT2D eigenvalue weighted by molar-refractivity contribution is 6.05. The first kappa shape index (κ1) is 36.9. The van der Waals surface area contributed by atoms with Gasteiger partial charge in [-0.25, -0.2) is 18.9 Å². The molecule has 3 aromatic heterocycles. The Balaban J connectivity index is 0.906. The third kappa shape index (κ3) is 7.46. The molecule has 2 aromatic carbocycles. The zero-order valence-electron chi connectivity index (χ0n) is 31.6. The molecular weight excluding hydrogens is 716 g/mol. The number of ether oxygens (including phenoxy) is 1. The van der Waals surface area contributed by atoms with E-state index in [1.807, 2.05) is 72.2 Å². The lowest BCUT2D eigenvalue weighted by atomic mass is 10.0. The smallest absolute Gasteiger partial charge is 0.249 e. The lowest BCUT2D eigenvalue weighted by molar-refractivity contribution is -0.134. The van der Waals surface area contributed by atoms with Crippen molar-refractivity contribution < 1.29 is 23.5 Å². The van der Waals surface area contributed by atoms with Crippen molar-refractivity contribution in [2.24, 2.45) is 0 Å². The number of fused-ring (bicyclic) bond motifs is 1. The summed E-state index contributed by atoms with van der Waals surface area (Å²) in [5.41, 5.74) is 4.49. The van der Waals surface area contributed by atoms with Crippen molar-refractivity contribution in [3.63, 3.8) is 0 Å². The van der Waals surface area contributed by atoms with Crippen LogP contribution < -0.4 is 29.7 Å². The molecule has 0 radical (unpaired) electrons. The molecule has 3 fully saturated rings. The minimum Gasteiger partial charge on any atom is -0.490 e. The van der Waals surface area contributed by atoms with Gasteiger partial charge in [0.1, 0.15) is 47.2 Å². The van der Waals surface area contributed by atoms with Gasteiger partial charge in [-0.2, -0.15) is 0 Å². The van der Waals surface area contributed by atoms with E-state index in [0.29, 0.717) is 36.7 Å². The summed E-state index contributed by atoms with van der Waals surface area (Å²) in [6.07, 6.45) is 4.82. The lowest BCUT2D eigenvalue weighted by Gasteiger charge is -2.35. The fourth-order valence-corrected chi connectivity index (χ4v) is 8.05. The van der Waals surface area contributed by atoms with Gasteiger partial charge in [-0.1, -0.05) is 24.3 Å². The third-order valence-corrected chi connectivity index (χ3v) is 10.8. The molecule has 290 valence electrons. The molecule has 14 nitrogen and oxygen atoms in total. The second-order valence-corrected chi connectivity index (χ2v) is 14.6. The Bertz CT molecular complexity index is 2240. The predicted octanol–water partition coefficient (Wildman–Crippen LogP) is 4.31. The van der Waals surface area contributed by atoms with Gasteiger partial charge in [-0.15, -0.1) is 5.10 Å². The average molecular weight is 761 g/mol. The average Bonchev–Trinajstić information content (AvgIpc) is 3.87. The van der Waals surface area contributed by atoms with Crippen molar-refractivity contribution >= 4 is 46.9 Å². The summed E-state index contributed by atoms with van der Waals surface area (Å²) in [4.78, 5) is 56.5. The van der Waals surface area contributed by atoms with Crippen LogP contribution in [0.25, 0.3) is 17.0 Å². The van der Waals surface area contributed by atoms with Crippen LogP contribution in [0.4, 0.5) is 27.4 Å². The number of nitrogens with one attached hydrogen (secondary N) is 1. The highest BCUT2D eigenvalue weighted by atomic mass is 19.1. The van der Waals surface area contributed by atoms with Crippen LogP contribution in [0.5, 0.6) is 5.75 Å². The maximum Gasteiger partial charge on any atom is 0.249 e. The molecule has 3 amide bonds. The SMILES string of the molecule is CN(C)c1c(OCCN2CCN(c3cccc(-c4cnc5ccc(N6CCCC6c6cccc(F)c6)nn45)n3)CC2)cccc1N(C=O)C1CCC(=O)NC1=O. The van der Waals surface area contributed by atoms with Crippen molar-refractivity contribution in [2.75, 3.05) is 79.6 Å². The van der Waals surface area contributed by atoms with E-state index >= 15 is 0 Å². The number of nitrogens with zero attached hydrogens (tertiary/aromatic N) is 9. The number of para-hydroxylation sites is 1. The summed E-state index contributed by atoms with van der Waals surface area (Å²) in [7, 11) is 3.73. The molecule has 0 saturated carbocycles. The molecule has 6 heterocycles. The largest absolute Gasteiger partial charge is 0.490 e. The van der Waals surface area contributed by atoms with Crippen molar-refractivity contribution in [3.8, 4) is 17.1 Å². The van der Waals surface area contributed by atoms with E-state index in [1.54, 1.807) is 24.3 Å². The van der Waals surface area contributed by atoms with Crippen LogP contribution in [0.1, 0.15) is 37.3 Å². The Morgan fingerprint density at radius 2 is 1.77 bits per heavy atom. The van der Waals surface area contributed by atoms with Crippen molar-refractivity contribution in [1.82, 2.24) is 29.8 Å².